The molecule has 0 radical (unpaired) electrons. The highest BCUT2D eigenvalue weighted by atomic mass is 35.5. The van der Waals surface area contributed by atoms with Crippen molar-refractivity contribution in [2.75, 3.05) is 6.54 Å². The second-order valence-corrected chi connectivity index (χ2v) is 19.6. The van der Waals surface area contributed by atoms with E-state index in [4.69, 9.17) is 21.1 Å². The lowest BCUT2D eigenvalue weighted by atomic mass is 9.86. The van der Waals surface area contributed by atoms with Crippen LogP contribution in [0.25, 0.3) is 10.8 Å². The largest absolute Gasteiger partial charge is 0.473 e. The molecule has 57 heavy (non-hydrogen) atoms. The number of ketones is 1. The van der Waals surface area contributed by atoms with Crippen LogP contribution in [0.3, 0.4) is 0 Å². The average Bonchev–Trinajstić information content (AvgIpc) is 3.96. The topological polar surface area (TPSA) is 158 Å². The number of nitrogens with one attached hydrogen (secondary N) is 1. The average molecular weight is 822 g/mol. The Morgan fingerprint density at radius 1 is 0.982 bits per heavy atom. The number of sulfonamides is 1. The molecule has 12 nitrogen and oxygen atoms in total. The van der Waals surface area contributed by atoms with E-state index in [0.717, 1.165) is 51.4 Å². The van der Waals surface area contributed by atoms with E-state index >= 15 is 0 Å². The van der Waals surface area contributed by atoms with E-state index < -0.39 is 62.3 Å². The number of benzene rings is 1. The van der Waals surface area contributed by atoms with Crippen LogP contribution in [-0.4, -0.2) is 71.5 Å². The van der Waals surface area contributed by atoms with Gasteiger partial charge in [0.05, 0.1) is 35.6 Å². The first-order valence-corrected chi connectivity index (χ1v) is 22.7. The number of hydrogen-bond donors (Lipinski definition) is 1. The predicted octanol–water partition coefficient (Wildman–Crippen LogP) is 6.02. The minimum absolute atomic E-state index is 0.0139. The smallest absolute Gasteiger partial charge is 0.306 e. The van der Waals surface area contributed by atoms with Crippen LogP contribution in [-0.2, 0) is 40.5 Å². The van der Waals surface area contributed by atoms with Crippen molar-refractivity contribution in [3.8, 4) is 5.88 Å². The molecule has 8 rings (SSSR count). The third-order valence-corrected chi connectivity index (χ3v) is 15.5. The fourth-order valence-electron chi connectivity index (χ4n) is 9.97. The molecule has 3 heterocycles. The van der Waals surface area contributed by atoms with Crippen LogP contribution in [0.1, 0.15) is 96.3 Å². The van der Waals surface area contributed by atoms with E-state index in [1.807, 2.05) is 6.08 Å². The van der Waals surface area contributed by atoms with E-state index in [-0.39, 0.29) is 67.5 Å². The van der Waals surface area contributed by atoms with Crippen LogP contribution in [0.2, 0.25) is 5.02 Å². The highest BCUT2D eigenvalue weighted by Crippen LogP contribution is 2.57. The van der Waals surface area contributed by atoms with Gasteiger partial charge in [-0.15, -0.1) is 6.58 Å². The van der Waals surface area contributed by atoms with Gasteiger partial charge >= 0.3 is 5.97 Å². The molecular weight excluding hydrogens is 770 g/mol. The molecular formula is C43H52ClN3O9S. The van der Waals surface area contributed by atoms with Crippen molar-refractivity contribution >= 4 is 56.0 Å². The first kappa shape index (κ1) is 39.8. The standard InChI is InChI=1S/C43H52ClN3O9S/c1-2-29-23-43(29,42(52)45-57(53,54)32-15-16-32)24-36(48)35-21-31-25-47(35)41(51)34(26-9-5-6-10-26)22-39(49)56-37-13-8-12-27(37)11-4-3-7-18-46-38(55-31)20-28-19-30(44)14-17-33(28)40(46)50/h2-4,14,17,19-20,26-27,29,31-32,34-35,37H,1,5-13,15-16,18,21-25H2,(H,45,52)/b4-3+/t27-,29+,31-,34+,35+,37-,43-/m1/s1. The van der Waals surface area contributed by atoms with E-state index in [1.54, 1.807) is 34.9 Å². The summed E-state index contributed by atoms with van der Waals surface area (Å²) in [5.74, 6) is -2.60. The molecule has 1 saturated heterocycles. The molecule has 5 fully saturated rings. The molecule has 2 bridgehead atoms. The van der Waals surface area contributed by atoms with Crippen LogP contribution < -0.4 is 15.0 Å². The number of allylic oxidation sites excluding steroid dienone is 3. The van der Waals surface area contributed by atoms with E-state index in [1.165, 1.54) is 4.90 Å². The van der Waals surface area contributed by atoms with Crippen LogP contribution in [0.15, 0.2) is 53.9 Å². The fraction of sp³-hybridized carbons (Fsp3) is 0.605. The molecule has 7 atom stereocenters. The Hall–Kier alpha value is -3.97. The van der Waals surface area contributed by atoms with Crippen molar-refractivity contribution in [2.24, 2.45) is 29.1 Å². The Kier molecular flexibility index (Phi) is 11.2. The van der Waals surface area contributed by atoms with Gasteiger partial charge in [-0.05, 0) is 106 Å². The first-order chi connectivity index (χ1) is 27.4. The van der Waals surface area contributed by atoms with Gasteiger partial charge in [0.25, 0.3) is 5.56 Å². The Morgan fingerprint density at radius 2 is 1.75 bits per heavy atom. The number of rotatable bonds is 8. The Morgan fingerprint density at radius 3 is 2.49 bits per heavy atom. The molecule has 306 valence electrons. The van der Waals surface area contributed by atoms with Crippen molar-refractivity contribution in [1.82, 2.24) is 14.2 Å². The van der Waals surface area contributed by atoms with Gasteiger partial charge in [0.1, 0.15) is 12.2 Å². The number of pyridine rings is 1. The van der Waals surface area contributed by atoms with E-state index in [0.29, 0.717) is 41.6 Å². The Balaban J connectivity index is 1.15. The van der Waals surface area contributed by atoms with Crippen molar-refractivity contribution < 1.29 is 37.1 Å². The number of Topliss-reactive ketones (excluding diaryl/α,β-unsaturated/α-hetero) is 1. The second-order valence-electron chi connectivity index (χ2n) is 17.2. The summed E-state index contributed by atoms with van der Waals surface area (Å²) in [6.07, 6.45) is 13.0. The summed E-state index contributed by atoms with van der Waals surface area (Å²) in [6.45, 7) is 4.18. The van der Waals surface area contributed by atoms with Gasteiger partial charge in [-0.25, -0.2) is 8.42 Å². The van der Waals surface area contributed by atoms with Crippen LogP contribution in [0, 0.1) is 29.1 Å². The highest BCUT2D eigenvalue weighted by Gasteiger charge is 2.61. The predicted molar refractivity (Wildman–Crippen MR) is 214 cm³/mol. The van der Waals surface area contributed by atoms with Gasteiger partial charge in [0.2, 0.25) is 21.8 Å². The maximum atomic E-state index is 14.9. The van der Waals surface area contributed by atoms with Gasteiger partial charge in [0.15, 0.2) is 11.7 Å². The lowest BCUT2D eigenvalue weighted by molar-refractivity contribution is -0.156. The zero-order valence-electron chi connectivity index (χ0n) is 32.2. The molecule has 0 unspecified atom stereocenters. The first-order valence-electron chi connectivity index (χ1n) is 20.7. The molecule has 6 aliphatic rings. The quantitative estimate of drug-likeness (QED) is 0.248. The number of halogens is 1. The number of carbonyl (C=O) groups is 4. The Labute approximate surface area is 338 Å². The molecule has 1 aromatic carbocycles. The lowest BCUT2D eigenvalue weighted by Gasteiger charge is -2.31. The van der Waals surface area contributed by atoms with Crippen molar-refractivity contribution in [3.63, 3.8) is 0 Å². The van der Waals surface area contributed by atoms with Crippen molar-refractivity contribution in [2.45, 2.75) is 126 Å². The molecule has 2 amide bonds. The summed E-state index contributed by atoms with van der Waals surface area (Å²) in [6, 6.07) is 5.82. The maximum absolute atomic E-state index is 14.9. The summed E-state index contributed by atoms with van der Waals surface area (Å²) in [4.78, 5) is 72.5. The maximum Gasteiger partial charge on any atom is 0.306 e. The van der Waals surface area contributed by atoms with Gasteiger partial charge in [-0.3, -0.25) is 33.3 Å². The minimum atomic E-state index is -3.87. The summed E-state index contributed by atoms with van der Waals surface area (Å²) >= 11 is 6.35. The SMILES string of the molecule is C=C[C@H]1C[C@]1(CC(=O)[C@@H]1C[C@@H]2CN1C(=O)[C@H](C1CCCC1)CC(=O)O[C@@H]1CCC[C@H]1C/C=C/CCn1c(cc3cc(Cl)ccc3c1=O)O2)C(=O)NS(=O)(=O)C1CC1. The molecule has 4 aliphatic carbocycles. The normalized spacial score (nSPS) is 31.7. The second kappa shape index (κ2) is 16.0. The van der Waals surface area contributed by atoms with Crippen LogP contribution in [0.4, 0.5) is 0 Å². The number of esters is 1. The summed E-state index contributed by atoms with van der Waals surface area (Å²) in [7, 11) is -3.87. The van der Waals surface area contributed by atoms with Gasteiger partial charge in [0, 0.05) is 35.9 Å². The monoisotopic (exact) mass is 821 g/mol. The number of amides is 2. The molecule has 1 N–H and O–H groups in total. The Bertz CT molecular complexity index is 2160. The summed E-state index contributed by atoms with van der Waals surface area (Å²) < 4.78 is 42.2. The number of aromatic nitrogens is 1. The molecule has 4 saturated carbocycles. The number of nitrogens with zero attached hydrogens (tertiary/aromatic N) is 2. The minimum Gasteiger partial charge on any atom is -0.473 e. The van der Waals surface area contributed by atoms with E-state index in [2.05, 4.69) is 17.4 Å². The molecule has 2 aromatic rings. The van der Waals surface area contributed by atoms with Gasteiger partial charge in [-0.2, -0.15) is 0 Å². The van der Waals surface area contributed by atoms with Crippen molar-refractivity contribution in [1.29, 1.82) is 0 Å². The van der Waals surface area contributed by atoms with Gasteiger partial charge in [-0.1, -0.05) is 42.7 Å². The number of fused-ring (bicyclic) bond motifs is 5. The fourth-order valence-corrected chi connectivity index (χ4v) is 11.5. The highest BCUT2D eigenvalue weighted by molar-refractivity contribution is 7.90. The summed E-state index contributed by atoms with van der Waals surface area (Å²) in [5, 5.41) is 0.923. The number of ether oxygens (including phenoxy) is 2. The molecule has 0 spiro atoms. The third kappa shape index (κ3) is 8.20. The molecule has 2 aliphatic heterocycles. The zero-order chi connectivity index (χ0) is 40.1. The summed E-state index contributed by atoms with van der Waals surface area (Å²) in [5.41, 5.74) is -1.55. The lowest BCUT2D eigenvalue weighted by Crippen LogP contribution is -2.47. The van der Waals surface area contributed by atoms with Gasteiger partial charge < -0.3 is 14.4 Å². The molecule has 1 aromatic heterocycles. The third-order valence-electron chi connectivity index (χ3n) is 13.5. The van der Waals surface area contributed by atoms with E-state index in [9.17, 15) is 32.4 Å². The van der Waals surface area contributed by atoms with Crippen LogP contribution in [0.5, 0.6) is 5.88 Å². The number of carbonyl (C=O) groups excluding carboxylic acids is 4. The van der Waals surface area contributed by atoms with Crippen LogP contribution >= 0.6 is 11.6 Å². The number of hydrogen-bond acceptors (Lipinski definition) is 9. The van der Waals surface area contributed by atoms with Crippen molar-refractivity contribution in [3.05, 3.63) is 64.4 Å². The zero-order valence-corrected chi connectivity index (χ0v) is 33.8. The molecule has 14 heteroatoms.